The van der Waals surface area contributed by atoms with Gasteiger partial charge in [-0.2, -0.15) is 0 Å². The van der Waals surface area contributed by atoms with Crippen LogP contribution < -0.4 is 14.5 Å². The van der Waals surface area contributed by atoms with Gasteiger partial charge in [0.2, 0.25) is 5.88 Å². The number of hydrogen-bond acceptors (Lipinski definition) is 4. The number of pyridine rings is 1. The van der Waals surface area contributed by atoms with Gasteiger partial charge in [-0.15, -0.1) is 0 Å². The molecule has 0 bridgehead atoms. The molecule has 2 rings (SSSR count). The van der Waals surface area contributed by atoms with Crippen molar-refractivity contribution in [3.8, 4) is 5.88 Å². The number of carbonyl (C=O) groups is 1. The Balaban J connectivity index is 2.30. The smallest absolute Gasteiger partial charge is 0.258 e. The van der Waals surface area contributed by atoms with Crippen molar-refractivity contribution in [3.05, 3.63) is 47.9 Å². The van der Waals surface area contributed by atoms with E-state index in [1.807, 2.05) is 6.92 Å². The second-order valence-corrected chi connectivity index (χ2v) is 5.17. The van der Waals surface area contributed by atoms with Gasteiger partial charge in [0.1, 0.15) is 5.82 Å². The van der Waals surface area contributed by atoms with Gasteiger partial charge in [0.15, 0.2) is 0 Å². The standard InChI is InChI=1S/C17H20FN3O2/c1-5-21(13-7-9-16(23-4)19-11-13)17(22)12-6-8-15(20(2)3)14(18)10-12/h6-11H,5H2,1-4H3. The molecular weight excluding hydrogens is 297 g/mol. The van der Waals surface area contributed by atoms with E-state index in [-0.39, 0.29) is 5.91 Å². The summed E-state index contributed by atoms with van der Waals surface area (Å²) in [6.07, 6.45) is 1.56. The van der Waals surface area contributed by atoms with Crippen LogP contribution in [0.4, 0.5) is 15.8 Å². The van der Waals surface area contributed by atoms with Crippen LogP contribution in [0.2, 0.25) is 0 Å². The fourth-order valence-electron chi connectivity index (χ4n) is 2.25. The largest absolute Gasteiger partial charge is 0.481 e. The average molecular weight is 317 g/mol. The highest BCUT2D eigenvalue weighted by atomic mass is 19.1. The number of carbonyl (C=O) groups excluding carboxylic acids is 1. The summed E-state index contributed by atoms with van der Waals surface area (Å²) in [7, 11) is 5.03. The summed E-state index contributed by atoms with van der Waals surface area (Å²) in [6, 6.07) is 7.92. The maximum atomic E-state index is 14.1. The Kier molecular flexibility index (Phi) is 5.16. The third kappa shape index (κ3) is 3.59. The highest BCUT2D eigenvalue weighted by Gasteiger charge is 2.18. The molecule has 1 aromatic heterocycles. The van der Waals surface area contributed by atoms with Crippen LogP contribution in [0.25, 0.3) is 0 Å². The summed E-state index contributed by atoms with van der Waals surface area (Å²) in [5, 5.41) is 0. The van der Waals surface area contributed by atoms with Crippen molar-refractivity contribution in [3.63, 3.8) is 0 Å². The first-order valence-corrected chi connectivity index (χ1v) is 7.26. The van der Waals surface area contributed by atoms with E-state index in [4.69, 9.17) is 4.74 Å². The van der Waals surface area contributed by atoms with Gasteiger partial charge in [-0.3, -0.25) is 4.79 Å². The maximum absolute atomic E-state index is 14.1. The lowest BCUT2D eigenvalue weighted by atomic mass is 10.1. The summed E-state index contributed by atoms with van der Waals surface area (Å²) >= 11 is 0. The van der Waals surface area contributed by atoms with E-state index in [1.54, 1.807) is 49.5 Å². The molecular formula is C17H20FN3O2. The molecule has 0 spiro atoms. The number of anilines is 2. The van der Waals surface area contributed by atoms with Crippen molar-refractivity contribution in [1.29, 1.82) is 0 Å². The van der Waals surface area contributed by atoms with E-state index in [0.717, 1.165) is 0 Å². The normalized spacial score (nSPS) is 10.3. The lowest BCUT2D eigenvalue weighted by molar-refractivity contribution is 0.0988. The van der Waals surface area contributed by atoms with Crippen LogP contribution in [0.3, 0.4) is 0 Å². The first-order valence-electron chi connectivity index (χ1n) is 7.26. The van der Waals surface area contributed by atoms with Crippen LogP contribution in [0.1, 0.15) is 17.3 Å². The molecule has 0 radical (unpaired) electrons. The van der Waals surface area contributed by atoms with Crippen LogP contribution in [0.15, 0.2) is 36.5 Å². The number of halogens is 1. The molecule has 0 atom stereocenters. The van der Waals surface area contributed by atoms with Crippen molar-refractivity contribution in [2.45, 2.75) is 6.92 Å². The quantitative estimate of drug-likeness (QED) is 0.850. The number of benzene rings is 1. The first kappa shape index (κ1) is 16.7. The van der Waals surface area contributed by atoms with Gasteiger partial charge in [0.05, 0.1) is 24.7 Å². The van der Waals surface area contributed by atoms with Gasteiger partial charge in [0, 0.05) is 32.3 Å². The summed E-state index contributed by atoms with van der Waals surface area (Å²) in [4.78, 5) is 20.0. The van der Waals surface area contributed by atoms with Crippen molar-refractivity contribution >= 4 is 17.3 Å². The molecule has 0 aliphatic heterocycles. The third-order valence-electron chi connectivity index (χ3n) is 3.48. The number of aromatic nitrogens is 1. The average Bonchev–Trinajstić information content (AvgIpc) is 2.55. The molecule has 0 aliphatic carbocycles. The highest BCUT2D eigenvalue weighted by molar-refractivity contribution is 6.06. The summed E-state index contributed by atoms with van der Waals surface area (Å²) in [5.74, 6) is -0.230. The number of rotatable bonds is 5. The molecule has 0 saturated carbocycles. The maximum Gasteiger partial charge on any atom is 0.258 e. The predicted molar refractivity (Wildman–Crippen MR) is 88.9 cm³/mol. The fourth-order valence-corrected chi connectivity index (χ4v) is 2.25. The van der Waals surface area contributed by atoms with E-state index in [1.165, 1.54) is 18.1 Å². The lowest BCUT2D eigenvalue weighted by Gasteiger charge is -2.21. The molecule has 2 aromatic rings. The van der Waals surface area contributed by atoms with Gasteiger partial charge in [-0.1, -0.05) is 0 Å². The Labute approximate surface area is 135 Å². The lowest BCUT2D eigenvalue weighted by Crippen LogP contribution is -2.30. The molecule has 0 saturated heterocycles. The minimum Gasteiger partial charge on any atom is -0.481 e. The van der Waals surface area contributed by atoms with Gasteiger partial charge in [0.25, 0.3) is 5.91 Å². The summed E-state index contributed by atoms with van der Waals surface area (Å²) < 4.78 is 19.1. The topological polar surface area (TPSA) is 45.7 Å². The SMILES string of the molecule is CCN(C(=O)c1ccc(N(C)C)c(F)c1)c1ccc(OC)nc1. The van der Waals surface area contributed by atoms with Gasteiger partial charge in [-0.05, 0) is 31.2 Å². The van der Waals surface area contributed by atoms with Crippen molar-refractivity contribution in [1.82, 2.24) is 4.98 Å². The fraction of sp³-hybridized carbons (Fsp3) is 0.294. The number of hydrogen-bond donors (Lipinski definition) is 0. The molecule has 0 fully saturated rings. The van der Waals surface area contributed by atoms with Crippen LogP contribution in [0.5, 0.6) is 5.88 Å². The monoisotopic (exact) mass is 317 g/mol. The Bertz CT molecular complexity index is 687. The molecule has 122 valence electrons. The van der Waals surface area contributed by atoms with Gasteiger partial charge >= 0.3 is 0 Å². The minimum absolute atomic E-state index is 0.274. The Hall–Kier alpha value is -2.63. The molecule has 0 unspecified atom stereocenters. The Morgan fingerprint density at radius 1 is 1.26 bits per heavy atom. The summed E-state index contributed by atoms with van der Waals surface area (Å²) in [6.45, 7) is 2.30. The van der Waals surface area contributed by atoms with E-state index in [2.05, 4.69) is 4.98 Å². The molecule has 6 heteroatoms. The van der Waals surface area contributed by atoms with Gasteiger partial charge in [-0.25, -0.2) is 9.37 Å². The Morgan fingerprint density at radius 2 is 2.00 bits per heavy atom. The minimum atomic E-state index is -0.426. The van der Waals surface area contributed by atoms with Crippen LogP contribution in [-0.4, -0.2) is 38.6 Å². The number of amides is 1. The van der Waals surface area contributed by atoms with Crippen molar-refractivity contribution in [2.24, 2.45) is 0 Å². The molecule has 1 heterocycles. The second kappa shape index (κ2) is 7.09. The zero-order valence-corrected chi connectivity index (χ0v) is 13.7. The van der Waals surface area contributed by atoms with Crippen molar-refractivity contribution < 1.29 is 13.9 Å². The van der Waals surface area contributed by atoms with Crippen LogP contribution in [0, 0.1) is 5.82 Å². The van der Waals surface area contributed by atoms with E-state index < -0.39 is 5.82 Å². The zero-order valence-electron chi connectivity index (χ0n) is 13.7. The number of methoxy groups -OCH3 is 1. The van der Waals surface area contributed by atoms with E-state index >= 15 is 0 Å². The first-order chi connectivity index (χ1) is 11.0. The predicted octanol–water partition coefficient (Wildman–Crippen LogP) is 2.96. The van der Waals surface area contributed by atoms with Crippen LogP contribution in [-0.2, 0) is 0 Å². The summed E-state index contributed by atoms with van der Waals surface area (Å²) in [5.41, 5.74) is 1.37. The number of ether oxygens (including phenoxy) is 1. The Morgan fingerprint density at radius 3 is 2.48 bits per heavy atom. The van der Waals surface area contributed by atoms with Gasteiger partial charge < -0.3 is 14.5 Å². The molecule has 0 aliphatic rings. The molecule has 5 nitrogen and oxygen atoms in total. The second-order valence-electron chi connectivity index (χ2n) is 5.17. The van der Waals surface area contributed by atoms with E-state index in [0.29, 0.717) is 29.4 Å². The van der Waals surface area contributed by atoms with E-state index in [9.17, 15) is 9.18 Å². The molecule has 1 aromatic carbocycles. The van der Waals surface area contributed by atoms with Crippen LogP contribution >= 0.6 is 0 Å². The molecule has 1 amide bonds. The molecule has 23 heavy (non-hydrogen) atoms. The zero-order chi connectivity index (χ0) is 17.0. The third-order valence-corrected chi connectivity index (χ3v) is 3.48. The molecule has 0 N–H and O–H groups in total. The number of nitrogens with zero attached hydrogens (tertiary/aromatic N) is 3. The van der Waals surface area contributed by atoms with Crippen molar-refractivity contribution in [2.75, 3.05) is 37.5 Å². The highest BCUT2D eigenvalue weighted by Crippen LogP contribution is 2.22.